The molecule has 3 nitrogen and oxygen atoms in total. The zero-order valence-corrected chi connectivity index (χ0v) is 8.38. The van der Waals surface area contributed by atoms with E-state index in [1.807, 2.05) is 18.8 Å². The van der Waals surface area contributed by atoms with Crippen LogP contribution in [-0.4, -0.2) is 16.8 Å². The molecule has 0 bridgehead atoms. The lowest BCUT2D eigenvalue weighted by Crippen LogP contribution is -2.02. The molecule has 1 aromatic heterocycles. The van der Waals surface area contributed by atoms with Crippen molar-refractivity contribution < 1.29 is 0 Å². The van der Waals surface area contributed by atoms with Crippen LogP contribution in [0, 0.1) is 0 Å². The van der Waals surface area contributed by atoms with E-state index in [9.17, 15) is 0 Å². The van der Waals surface area contributed by atoms with Gasteiger partial charge in [-0.25, -0.2) is 0 Å². The molecule has 1 aliphatic rings. The molecule has 1 fully saturated rings. The standard InChI is InChI=1S/C10H17N3/c1-11-10-7-9(13(2)12-10)8-5-3-4-6-8/h7-8H,3-6H2,1-2H3,(H,11,12). The predicted molar refractivity (Wildman–Crippen MR) is 54.0 cm³/mol. The van der Waals surface area contributed by atoms with E-state index in [-0.39, 0.29) is 0 Å². The van der Waals surface area contributed by atoms with Crippen LogP contribution in [0.1, 0.15) is 37.3 Å². The Hall–Kier alpha value is -0.990. The predicted octanol–water partition coefficient (Wildman–Crippen LogP) is 2.12. The first-order valence-electron chi connectivity index (χ1n) is 5.03. The van der Waals surface area contributed by atoms with Crippen LogP contribution in [0.15, 0.2) is 6.07 Å². The molecule has 0 radical (unpaired) electrons. The fourth-order valence-corrected chi connectivity index (χ4v) is 2.21. The first-order valence-corrected chi connectivity index (χ1v) is 5.03. The van der Waals surface area contributed by atoms with Crippen molar-refractivity contribution in [3.05, 3.63) is 11.8 Å². The van der Waals surface area contributed by atoms with Crippen LogP contribution in [0.2, 0.25) is 0 Å². The fourth-order valence-electron chi connectivity index (χ4n) is 2.21. The maximum absolute atomic E-state index is 4.38. The number of hydrogen-bond acceptors (Lipinski definition) is 2. The van der Waals surface area contributed by atoms with E-state index >= 15 is 0 Å². The Bertz CT molecular complexity index is 284. The molecule has 0 saturated heterocycles. The molecule has 1 saturated carbocycles. The summed E-state index contributed by atoms with van der Waals surface area (Å²) in [5.74, 6) is 1.74. The normalized spacial score (nSPS) is 18.0. The highest BCUT2D eigenvalue weighted by Crippen LogP contribution is 2.34. The minimum Gasteiger partial charge on any atom is -0.372 e. The van der Waals surface area contributed by atoms with Gasteiger partial charge in [-0.05, 0) is 12.8 Å². The molecule has 13 heavy (non-hydrogen) atoms. The molecule has 0 spiro atoms. The van der Waals surface area contributed by atoms with E-state index in [4.69, 9.17) is 0 Å². The van der Waals surface area contributed by atoms with Gasteiger partial charge in [0, 0.05) is 31.8 Å². The highest BCUT2D eigenvalue weighted by atomic mass is 15.3. The van der Waals surface area contributed by atoms with E-state index in [0.29, 0.717) is 0 Å². The monoisotopic (exact) mass is 179 g/mol. The number of rotatable bonds is 2. The second-order valence-electron chi connectivity index (χ2n) is 3.81. The number of anilines is 1. The molecular weight excluding hydrogens is 162 g/mol. The summed E-state index contributed by atoms with van der Waals surface area (Å²) in [5.41, 5.74) is 1.39. The van der Waals surface area contributed by atoms with Gasteiger partial charge >= 0.3 is 0 Å². The fraction of sp³-hybridized carbons (Fsp3) is 0.700. The quantitative estimate of drug-likeness (QED) is 0.753. The topological polar surface area (TPSA) is 29.9 Å². The second kappa shape index (κ2) is 3.40. The van der Waals surface area contributed by atoms with E-state index in [0.717, 1.165) is 11.7 Å². The number of aromatic nitrogens is 2. The van der Waals surface area contributed by atoms with Crippen molar-refractivity contribution in [2.24, 2.45) is 7.05 Å². The Balaban J connectivity index is 2.22. The van der Waals surface area contributed by atoms with Crippen LogP contribution in [-0.2, 0) is 7.05 Å². The van der Waals surface area contributed by atoms with Gasteiger partial charge in [0.1, 0.15) is 5.82 Å². The third kappa shape index (κ3) is 1.55. The molecule has 0 aliphatic heterocycles. The van der Waals surface area contributed by atoms with Crippen LogP contribution in [0.5, 0.6) is 0 Å². The lowest BCUT2D eigenvalue weighted by Gasteiger charge is -2.07. The van der Waals surface area contributed by atoms with E-state index in [2.05, 4.69) is 16.5 Å². The molecule has 72 valence electrons. The van der Waals surface area contributed by atoms with Gasteiger partial charge in [-0.1, -0.05) is 12.8 Å². The first-order chi connectivity index (χ1) is 6.31. The Morgan fingerprint density at radius 2 is 2.15 bits per heavy atom. The second-order valence-corrected chi connectivity index (χ2v) is 3.81. The van der Waals surface area contributed by atoms with Crippen molar-refractivity contribution in [1.82, 2.24) is 9.78 Å². The van der Waals surface area contributed by atoms with Crippen molar-refractivity contribution in [3.8, 4) is 0 Å². The van der Waals surface area contributed by atoms with Gasteiger partial charge in [0.15, 0.2) is 0 Å². The van der Waals surface area contributed by atoms with Crippen molar-refractivity contribution in [2.45, 2.75) is 31.6 Å². The molecule has 2 rings (SSSR count). The molecule has 3 heteroatoms. The summed E-state index contributed by atoms with van der Waals surface area (Å²) < 4.78 is 2.02. The molecule has 1 aromatic rings. The largest absolute Gasteiger partial charge is 0.372 e. The first kappa shape index (κ1) is 8.60. The van der Waals surface area contributed by atoms with Gasteiger partial charge in [-0.3, -0.25) is 4.68 Å². The Morgan fingerprint density at radius 1 is 1.46 bits per heavy atom. The van der Waals surface area contributed by atoms with Crippen LogP contribution in [0.25, 0.3) is 0 Å². The van der Waals surface area contributed by atoms with E-state index in [1.54, 1.807) is 0 Å². The summed E-state index contributed by atoms with van der Waals surface area (Å²) in [7, 11) is 3.95. The molecule has 0 amide bonds. The SMILES string of the molecule is CNc1cc(C2CCCC2)n(C)n1. The van der Waals surface area contributed by atoms with E-state index < -0.39 is 0 Å². The van der Waals surface area contributed by atoms with Gasteiger partial charge < -0.3 is 5.32 Å². The van der Waals surface area contributed by atoms with Gasteiger partial charge in [0.25, 0.3) is 0 Å². The van der Waals surface area contributed by atoms with Gasteiger partial charge in [0.2, 0.25) is 0 Å². The highest BCUT2D eigenvalue weighted by molar-refractivity contribution is 5.36. The maximum atomic E-state index is 4.38. The van der Waals surface area contributed by atoms with Gasteiger partial charge in [-0.2, -0.15) is 5.10 Å². The van der Waals surface area contributed by atoms with Crippen molar-refractivity contribution >= 4 is 5.82 Å². The van der Waals surface area contributed by atoms with Crippen molar-refractivity contribution in [1.29, 1.82) is 0 Å². The summed E-state index contributed by atoms with van der Waals surface area (Å²) in [5, 5.41) is 7.46. The molecule has 0 unspecified atom stereocenters. The van der Waals surface area contributed by atoms with E-state index in [1.165, 1.54) is 31.4 Å². The number of nitrogens with one attached hydrogen (secondary N) is 1. The summed E-state index contributed by atoms with van der Waals surface area (Å²) >= 11 is 0. The zero-order valence-electron chi connectivity index (χ0n) is 8.38. The summed E-state index contributed by atoms with van der Waals surface area (Å²) in [4.78, 5) is 0. The number of aryl methyl sites for hydroxylation is 1. The van der Waals surface area contributed by atoms with Gasteiger partial charge in [0.05, 0.1) is 0 Å². The average molecular weight is 179 g/mol. The Kier molecular flexibility index (Phi) is 2.25. The third-order valence-electron chi connectivity index (χ3n) is 2.95. The van der Waals surface area contributed by atoms with Crippen LogP contribution in [0.3, 0.4) is 0 Å². The van der Waals surface area contributed by atoms with Gasteiger partial charge in [-0.15, -0.1) is 0 Å². The smallest absolute Gasteiger partial charge is 0.148 e. The molecule has 1 heterocycles. The lowest BCUT2D eigenvalue weighted by atomic mass is 10.0. The molecular formula is C10H17N3. The Labute approximate surface area is 79.1 Å². The average Bonchev–Trinajstić information content (AvgIpc) is 2.72. The molecule has 1 N–H and O–H groups in total. The minimum atomic E-state index is 0.750. The Morgan fingerprint density at radius 3 is 2.69 bits per heavy atom. The third-order valence-corrected chi connectivity index (χ3v) is 2.95. The zero-order chi connectivity index (χ0) is 9.26. The van der Waals surface area contributed by atoms with Crippen LogP contribution in [0.4, 0.5) is 5.82 Å². The molecule has 1 aliphatic carbocycles. The summed E-state index contributed by atoms with van der Waals surface area (Å²) in [6, 6.07) is 2.18. The summed E-state index contributed by atoms with van der Waals surface area (Å²) in [6.07, 6.45) is 5.43. The van der Waals surface area contributed by atoms with Crippen molar-refractivity contribution in [3.63, 3.8) is 0 Å². The summed E-state index contributed by atoms with van der Waals surface area (Å²) in [6.45, 7) is 0. The maximum Gasteiger partial charge on any atom is 0.148 e. The number of nitrogens with zero attached hydrogens (tertiary/aromatic N) is 2. The lowest BCUT2D eigenvalue weighted by molar-refractivity contribution is 0.618. The van der Waals surface area contributed by atoms with Crippen LogP contribution < -0.4 is 5.32 Å². The minimum absolute atomic E-state index is 0.750. The van der Waals surface area contributed by atoms with Crippen LogP contribution >= 0.6 is 0 Å². The number of hydrogen-bond donors (Lipinski definition) is 1. The highest BCUT2D eigenvalue weighted by Gasteiger charge is 2.20. The molecule has 0 aromatic carbocycles. The van der Waals surface area contributed by atoms with Crippen molar-refractivity contribution in [2.75, 3.05) is 12.4 Å². The molecule has 0 atom stereocenters.